The average Bonchev–Trinajstić information content (AvgIpc) is 3.14. The molecule has 3 N–H and O–H groups in total. The lowest BCUT2D eigenvalue weighted by molar-refractivity contribution is 0.451. The Bertz CT molecular complexity index is 426. The summed E-state index contributed by atoms with van der Waals surface area (Å²) in [6, 6.07) is 9.71. The highest BCUT2D eigenvalue weighted by Crippen LogP contribution is 2.42. The van der Waals surface area contributed by atoms with Crippen LogP contribution in [0.25, 0.3) is 0 Å². The van der Waals surface area contributed by atoms with Crippen molar-refractivity contribution in [3.8, 4) is 0 Å². The maximum Gasteiger partial charge on any atom is 0.0449 e. The number of nitrogens with two attached hydrogens (primary N) is 1. The van der Waals surface area contributed by atoms with E-state index in [9.17, 15) is 0 Å². The molecule has 1 fully saturated rings. The summed E-state index contributed by atoms with van der Waals surface area (Å²) < 4.78 is 0. The maximum absolute atomic E-state index is 5.99. The Hall–Kier alpha value is -1.12. The molecular weight excluding hydrogens is 220 g/mol. The van der Waals surface area contributed by atoms with E-state index >= 15 is 0 Å². The third kappa shape index (κ3) is 2.50. The van der Waals surface area contributed by atoms with Gasteiger partial charge in [0.25, 0.3) is 0 Å². The van der Waals surface area contributed by atoms with Crippen LogP contribution in [0.15, 0.2) is 36.4 Å². The van der Waals surface area contributed by atoms with Gasteiger partial charge in [0.15, 0.2) is 0 Å². The van der Waals surface area contributed by atoms with Crippen molar-refractivity contribution >= 4 is 0 Å². The minimum absolute atomic E-state index is 0.312. The van der Waals surface area contributed by atoms with Crippen molar-refractivity contribution in [3.63, 3.8) is 0 Å². The molecule has 2 aliphatic carbocycles. The molecule has 96 valence electrons. The third-order valence-corrected chi connectivity index (χ3v) is 4.07. The number of hydrogen-bond donors (Lipinski definition) is 2. The molecule has 0 heterocycles. The summed E-state index contributed by atoms with van der Waals surface area (Å²) >= 11 is 0. The van der Waals surface area contributed by atoms with Crippen LogP contribution in [0.4, 0.5) is 0 Å². The molecule has 0 aliphatic heterocycles. The zero-order chi connectivity index (χ0) is 12.4. The predicted octanol–water partition coefficient (Wildman–Crippen LogP) is 2.87. The van der Waals surface area contributed by atoms with Crippen molar-refractivity contribution in [2.24, 2.45) is 5.73 Å². The Morgan fingerprint density at radius 1 is 1.17 bits per heavy atom. The number of rotatable bonds is 5. The lowest BCUT2D eigenvalue weighted by Crippen LogP contribution is -2.35. The number of hydrogen-bond acceptors (Lipinski definition) is 2. The van der Waals surface area contributed by atoms with Gasteiger partial charge in [-0.25, -0.2) is 0 Å². The molecule has 0 bridgehead atoms. The second-order valence-electron chi connectivity index (χ2n) is 5.50. The van der Waals surface area contributed by atoms with Gasteiger partial charge in [-0.1, -0.05) is 36.4 Å². The third-order valence-electron chi connectivity index (χ3n) is 4.07. The van der Waals surface area contributed by atoms with Crippen LogP contribution in [0.5, 0.6) is 0 Å². The van der Waals surface area contributed by atoms with Crippen molar-refractivity contribution in [1.82, 2.24) is 5.32 Å². The SMILES string of the molecule is NCC(NC1CC=CC1)c1ccccc1C1CC1. The fraction of sp³-hybridized carbons (Fsp3) is 0.500. The van der Waals surface area contributed by atoms with Crippen molar-refractivity contribution in [2.45, 2.75) is 43.7 Å². The summed E-state index contributed by atoms with van der Waals surface area (Å²) in [5.41, 5.74) is 8.93. The Morgan fingerprint density at radius 2 is 1.89 bits per heavy atom. The highest BCUT2D eigenvalue weighted by Gasteiger charge is 2.28. The Morgan fingerprint density at radius 3 is 2.56 bits per heavy atom. The molecule has 2 nitrogen and oxygen atoms in total. The van der Waals surface area contributed by atoms with Crippen molar-refractivity contribution in [1.29, 1.82) is 0 Å². The molecule has 1 saturated carbocycles. The van der Waals surface area contributed by atoms with Crippen molar-refractivity contribution in [2.75, 3.05) is 6.54 Å². The van der Waals surface area contributed by atoms with Crippen LogP contribution in [0.2, 0.25) is 0 Å². The van der Waals surface area contributed by atoms with E-state index < -0.39 is 0 Å². The first-order valence-corrected chi connectivity index (χ1v) is 7.08. The normalized spacial score (nSPS) is 21.4. The van der Waals surface area contributed by atoms with Crippen LogP contribution in [-0.2, 0) is 0 Å². The monoisotopic (exact) mass is 242 g/mol. The van der Waals surface area contributed by atoms with Crippen molar-refractivity contribution < 1.29 is 0 Å². The van der Waals surface area contributed by atoms with Gasteiger partial charge >= 0.3 is 0 Å². The lowest BCUT2D eigenvalue weighted by atomic mass is 9.96. The van der Waals surface area contributed by atoms with E-state index in [4.69, 9.17) is 5.73 Å². The standard InChI is InChI=1S/C16H22N2/c17-11-16(18-13-5-1-2-6-13)15-8-4-3-7-14(15)12-9-10-12/h1-4,7-8,12-13,16,18H,5-6,9-11,17H2. The molecule has 18 heavy (non-hydrogen) atoms. The largest absolute Gasteiger partial charge is 0.329 e. The number of nitrogens with one attached hydrogen (secondary N) is 1. The van der Waals surface area contributed by atoms with Gasteiger partial charge in [0.2, 0.25) is 0 Å². The maximum atomic E-state index is 5.99. The fourth-order valence-corrected chi connectivity index (χ4v) is 2.92. The van der Waals surface area contributed by atoms with E-state index in [-0.39, 0.29) is 0 Å². The van der Waals surface area contributed by atoms with E-state index in [1.807, 2.05) is 0 Å². The Kier molecular flexibility index (Phi) is 3.48. The topological polar surface area (TPSA) is 38.0 Å². The van der Waals surface area contributed by atoms with Crippen LogP contribution in [0.1, 0.15) is 48.8 Å². The second kappa shape index (κ2) is 5.25. The van der Waals surface area contributed by atoms with Gasteiger partial charge in [0.1, 0.15) is 0 Å². The van der Waals surface area contributed by atoms with E-state index in [0.717, 1.165) is 18.8 Å². The second-order valence-corrected chi connectivity index (χ2v) is 5.50. The summed E-state index contributed by atoms with van der Waals surface area (Å²) in [5, 5.41) is 3.72. The molecule has 0 amide bonds. The average molecular weight is 242 g/mol. The fourth-order valence-electron chi connectivity index (χ4n) is 2.92. The molecule has 2 heteroatoms. The first-order valence-electron chi connectivity index (χ1n) is 7.08. The van der Waals surface area contributed by atoms with E-state index in [2.05, 4.69) is 41.7 Å². The molecule has 1 atom stereocenters. The van der Waals surface area contributed by atoms with Gasteiger partial charge in [-0.05, 0) is 42.7 Å². The summed E-state index contributed by atoms with van der Waals surface area (Å²) in [5.74, 6) is 0.791. The van der Waals surface area contributed by atoms with Crippen LogP contribution in [0.3, 0.4) is 0 Å². The van der Waals surface area contributed by atoms with Crippen LogP contribution in [0, 0.1) is 0 Å². The number of benzene rings is 1. The van der Waals surface area contributed by atoms with Gasteiger partial charge in [-0.3, -0.25) is 0 Å². The molecule has 1 aromatic rings. The van der Waals surface area contributed by atoms with E-state index in [1.54, 1.807) is 0 Å². The molecule has 1 aromatic carbocycles. The summed E-state index contributed by atoms with van der Waals surface area (Å²) in [6.45, 7) is 0.681. The Balaban J connectivity index is 1.77. The smallest absolute Gasteiger partial charge is 0.0449 e. The minimum atomic E-state index is 0.312. The zero-order valence-corrected chi connectivity index (χ0v) is 10.8. The van der Waals surface area contributed by atoms with Gasteiger partial charge in [-0.2, -0.15) is 0 Å². The van der Waals surface area contributed by atoms with Crippen LogP contribution < -0.4 is 11.1 Å². The zero-order valence-electron chi connectivity index (χ0n) is 10.8. The molecule has 2 aliphatic rings. The van der Waals surface area contributed by atoms with Crippen LogP contribution >= 0.6 is 0 Å². The molecule has 3 rings (SSSR count). The van der Waals surface area contributed by atoms with E-state index in [0.29, 0.717) is 18.6 Å². The predicted molar refractivity (Wildman–Crippen MR) is 75.5 cm³/mol. The summed E-state index contributed by atoms with van der Waals surface area (Å²) in [4.78, 5) is 0. The molecule has 0 spiro atoms. The van der Waals surface area contributed by atoms with Gasteiger partial charge in [-0.15, -0.1) is 0 Å². The van der Waals surface area contributed by atoms with Gasteiger partial charge < -0.3 is 11.1 Å². The molecule has 1 unspecified atom stereocenters. The first kappa shape index (κ1) is 11.9. The first-order chi connectivity index (χ1) is 8.88. The molecule has 0 radical (unpaired) electrons. The van der Waals surface area contributed by atoms with Crippen LogP contribution in [-0.4, -0.2) is 12.6 Å². The van der Waals surface area contributed by atoms with Gasteiger partial charge in [0.05, 0.1) is 0 Å². The Labute approximate surface area is 109 Å². The van der Waals surface area contributed by atoms with E-state index in [1.165, 1.54) is 24.0 Å². The summed E-state index contributed by atoms with van der Waals surface area (Å²) in [6.07, 6.45) is 9.50. The molecule has 0 saturated heterocycles. The highest BCUT2D eigenvalue weighted by atomic mass is 15.0. The molecular formula is C16H22N2. The quantitative estimate of drug-likeness (QED) is 0.779. The highest BCUT2D eigenvalue weighted by molar-refractivity contribution is 5.36. The lowest BCUT2D eigenvalue weighted by Gasteiger charge is -2.24. The van der Waals surface area contributed by atoms with Crippen molar-refractivity contribution in [3.05, 3.63) is 47.5 Å². The molecule has 0 aromatic heterocycles. The summed E-state index contributed by atoms with van der Waals surface area (Å²) in [7, 11) is 0. The van der Waals surface area contributed by atoms with Gasteiger partial charge in [0, 0.05) is 18.6 Å². The minimum Gasteiger partial charge on any atom is -0.329 e.